The van der Waals surface area contributed by atoms with E-state index in [0.29, 0.717) is 12.8 Å². The molecule has 2 aliphatic heterocycles. The summed E-state index contributed by atoms with van der Waals surface area (Å²) < 4.78 is 0. The SMILES string of the molecule is O=C1CCC(C(=O)N[C@@H]2CCNC2)N1. The van der Waals surface area contributed by atoms with E-state index in [2.05, 4.69) is 16.0 Å². The van der Waals surface area contributed by atoms with Crippen LogP contribution in [-0.4, -0.2) is 37.0 Å². The van der Waals surface area contributed by atoms with Gasteiger partial charge in [0.05, 0.1) is 0 Å². The van der Waals surface area contributed by atoms with Crippen LogP contribution in [0.15, 0.2) is 0 Å². The normalized spacial score (nSPS) is 31.6. The molecule has 0 saturated carbocycles. The number of hydrogen-bond acceptors (Lipinski definition) is 3. The third-order valence-corrected chi connectivity index (χ3v) is 2.72. The molecule has 0 aliphatic carbocycles. The minimum Gasteiger partial charge on any atom is -0.350 e. The second-order valence-corrected chi connectivity index (χ2v) is 3.86. The van der Waals surface area contributed by atoms with Crippen molar-refractivity contribution in [3.05, 3.63) is 0 Å². The Bertz CT molecular complexity index is 248. The summed E-state index contributed by atoms with van der Waals surface area (Å²) in [5.74, 6) is -0.0563. The fourth-order valence-electron chi connectivity index (χ4n) is 1.89. The summed E-state index contributed by atoms with van der Waals surface area (Å²) >= 11 is 0. The lowest BCUT2D eigenvalue weighted by Crippen LogP contribution is -2.46. The van der Waals surface area contributed by atoms with Gasteiger partial charge in [-0.1, -0.05) is 0 Å². The standard InChI is InChI=1S/C9H15N3O2/c13-8-2-1-7(12-8)9(14)11-6-3-4-10-5-6/h6-7,10H,1-5H2,(H,11,14)(H,12,13)/t6-,7?/m1/s1. The zero-order chi connectivity index (χ0) is 9.97. The summed E-state index contributed by atoms with van der Waals surface area (Å²) in [4.78, 5) is 22.5. The molecule has 5 nitrogen and oxygen atoms in total. The third-order valence-electron chi connectivity index (χ3n) is 2.72. The van der Waals surface area contributed by atoms with Gasteiger partial charge in [0.2, 0.25) is 11.8 Å². The van der Waals surface area contributed by atoms with E-state index in [1.54, 1.807) is 0 Å². The quantitative estimate of drug-likeness (QED) is 0.517. The van der Waals surface area contributed by atoms with Crippen molar-refractivity contribution in [3.8, 4) is 0 Å². The Balaban J connectivity index is 1.80. The molecule has 0 aromatic rings. The van der Waals surface area contributed by atoms with Crippen LogP contribution in [0, 0.1) is 0 Å². The lowest BCUT2D eigenvalue weighted by molar-refractivity contribution is -0.126. The molecule has 0 spiro atoms. The minimum atomic E-state index is -0.303. The molecule has 2 amide bonds. The highest BCUT2D eigenvalue weighted by Gasteiger charge is 2.28. The molecule has 0 aromatic carbocycles. The maximum atomic E-state index is 11.6. The van der Waals surface area contributed by atoms with Crippen molar-refractivity contribution >= 4 is 11.8 Å². The van der Waals surface area contributed by atoms with Crippen LogP contribution < -0.4 is 16.0 Å². The maximum Gasteiger partial charge on any atom is 0.242 e. The van der Waals surface area contributed by atoms with Gasteiger partial charge in [-0.3, -0.25) is 9.59 Å². The van der Waals surface area contributed by atoms with Crippen molar-refractivity contribution in [2.24, 2.45) is 0 Å². The Kier molecular flexibility index (Phi) is 2.67. The molecule has 2 heterocycles. The van der Waals surface area contributed by atoms with Crippen molar-refractivity contribution < 1.29 is 9.59 Å². The van der Waals surface area contributed by atoms with Gasteiger partial charge in [-0.05, 0) is 19.4 Å². The molecule has 0 bridgehead atoms. The van der Waals surface area contributed by atoms with Crippen LogP contribution in [0.3, 0.4) is 0 Å². The van der Waals surface area contributed by atoms with E-state index >= 15 is 0 Å². The highest BCUT2D eigenvalue weighted by Crippen LogP contribution is 2.07. The molecule has 14 heavy (non-hydrogen) atoms. The van der Waals surface area contributed by atoms with E-state index < -0.39 is 0 Å². The van der Waals surface area contributed by atoms with Gasteiger partial charge in [0.1, 0.15) is 6.04 Å². The molecule has 1 unspecified atom stereocenters. The van der Waals surface area contributed by atoms with Gasteiger partial charge in [0.15, 0.2) is 0 Å². The number of carbonyl (C=O) groups excluding carboxylic acids is 2. The van der Waals surface area contributed by atoms with Crippen LogP contribution in [0.1, 0.15) is 19.3 Å². The van der Waals surface area contributed by atoms with Crippen LogP contribution >= 0.6 is 0 Å². The number of nitrogens with one attached hydrogen (secondary N) is 3. The molecule has 0 aromatic heterocycles. The maximum absolute atomic E-state index is 11.6. The molecule has 2 fully saturated rings. The highest BCUT2D eigenvalue weighted by molar-refractivity contribution is 5.90. The fourth-order valence-corrected chi connectivity index (χ4v) is 1.89. The zero-order valence-corrected chi connectivity index (χ0v) is 8.01. The molecular weight excluding hydrogens is 182 g/mol. The smallest absolute Gasteiger partial charge is 0.242 e. The summed E-state index contributed by atoms with van der Waals surface area (Å²) in [5, 5.41) is 8.76. The first-order chi connectivity index (χ1) is 6.75. The first kappa shape index (κ1) is 9.45. The largest absolute Gasteiger partial charge is 0.350 e. The molecule has 2 saturated heterocycles. The lowest BCUT2D eigenvalue weighted by atomic mass is 10.2. The molecule has 5 heteroatoms. The predicted octanol–water partition coefficient (Wildman–Crippen LogP) is -1.26. The summed E-state index contributed by atoms with van der Waals surface area (Å²) in [6, 6.07) is -0.0666. The van der Waals surface area contributed by atoms with Gasteiger partial charge >= 0.3 is 0 Å². The van der Waals surface area contributed by atoms with Crippen LogP contribution in [0.2, 0.25) is 0 Å². The molecule has 78 valence electrons. The molecule has 3 N–H and O–H groups in total. The van der Waals surface area contributed by atoms with Crippen molar-refractivity contribution in [2.75, 3.05) is 13.1 Å². The van der Waals surface area contributed by atoms with Gasteiger partial charge in [-0.2, -0.15) is 0 Å². The van der Waals surface area contributed by atoms with Crippen LogP contribution in [0.5, 0.6) is 0 Å². The monoisotopic (exact) mass is 197 g/mol. The number of carbonyl (C=O) groups is 2. The van der Waals surface area contributed by atoms with Gasteiger partial charge in [0, 0.05) is 19.0 Å². The van der Waals surface area contributed by atoms with E-state index in [1.165, 1.54) is 0 Å². The van der Waals surface area contributed by atoms with E-state index in [0.717, 1.165) is 19.5 Å². The summed E-state index contributed by atoms with van der Waals surface area (Å²) in [6.45, 7) is 1.80. The Morgan fingerprint density at radius 2 is 2.29 bits per heavy atom. The average molecular weight is 197 g/mol. The molecule has 0 radical (unpaired) electrons. The van der Waals surface area contributed by atoms with Crippen LogP contribution in [0.25, 0.3) is 0 Å². The van der Waals surface area contributed by atoms with E-state index in [-0.39, 0.29) is 23.9 Å². The summed E-state index contributed by atoms with van der Waals surface area (Å²) in [5.41, 5.74) is 0. The van der Waals surface area contributed by atoms with Gasteiger partial charge in [-0.15, -0.1) is 0 Å². The zero-order valence-electron chi connectivity index (χ0n) is 8.01. The summed E-state index contributed by atoms with van der Waals surface area (Å²) in [6.07, 6.45) is 2.08. The predicted molar refractivity (Wildman–Crippen MR) is 50.6 cm³/mol. The highest BCUT2D eigenvalue weighted by atomic mass is 16.2. The Morgan fingerprint density at radius 3 is 2.86 bits per heavy atom. The Morgan fingerprint density at radius 1 is 1.43 bits per heavy atom. The van der Waals surface area contributed by atoms with Crippen molar-refractivity contribution in [1.82, 2.24) is 16.0 Å². The second kappa shape index (κ2) is 3.96. The topological polar surface area (TPSA) is 70.2 Å². The molecular formula is C9H15N3O2. The fraction of sp³-hybridized carbons (Fsp3) is 0.778. The average Bonchev–Trinajstić information content (AvgIpc) is 2.75. The van der Waals surface area contributed by atoms with E-state index in [1.807, 2.05) is 0 Å². The van der Waals surface area contributed by atoms with Gasteiger partial charge in [0.25, 0.3) is 0 Å². The number of hydrogen-bond donors (Lipinski definition) is 3. The molecule has 2 aliphatic rings. The number of rotatable bonds is 2. The Hall–Kier alpha value is -1.10. The van der Waals surface area contributed by atoms with E-state index in [4.69, 9.17) is 0 Å². The lowest BCUT2D eigenvalue weighted by Gasteiger charge is -2.15. The summed E-state index contributed by atoms with van der Waals surface area (Å²) in [7, 11) is 0. The van der Waals surface area contributed by atoms with Crippen molar-refractivity contribution in [2.45, 2.75) is 31.3 Å². The number of amides is 2. The first-order valence-corrected chi connectivity index (χ1v) is 5.06. The third kappa shape index (κ3) is 2.04. The molecule has 2 atom stereocenters. The van der Waals surface area contributed by atoms with Gasteiger partial charge in [-0.25, -0.2) is 0 Å². The minimum absolute atomic E-state index is 0.0188. The van der Waals surface area contributed by atoms with E-state index in [9.17, 15) is 9.59 Å². The van der Waals surface area contributed by atoms with Crippen LogP contribution in [0.4, 0.5) is 0 Å². The van der Waals surface area contributed by atoms with Crippen molar-refractivity contribution in [3.63, 3.8) is 0 Å². The molecule has 2 rings (SSSR count). The Labute approximate surface area is 82.6 Å². The second-order valence-electron chi connectivity index (χ2n) is 3.86. The van der Waals surface area contributed by atoms with Crippen LogP contribution in [-0.2, 0) is 9.59 Å². The van der Waals surface area contributed by atoms with Gasteiger partial charge < -0.3 is 16.0 Å². The van der Waals surface area contributed by atoms with Crippen molar-refractivity contribution in [1.29, 1.82) is 0 Å². The first-order valence-electron chi connectivity index (χ1n) is 5.06.